The Morgan fingerprint density at radius 3 is 1.26 bits per heavy atom. The van der Waals surface area contributed by atoms with Crippen molar-refractivity contribution in [3.63, 3.8) is 0 Å². The van der Waals surface area contributed by atoms with Crippen molar-refractivity contribution < 1.29 is 24.2 Å². The number of rotatable bonds is 8. The second-order valence-electron chi connectivity index (χ2n) is 7.92. The molecule has 0 saturated heterocycles. The highest BCUT2D eigenvalue weighted by molar-refractivity contribution is 6.00. The van der Waals surface area contributed by atoms with Crippen LogP contribution in [-0.4, -0.2) is 21.9 Å². The van der Waals surface area contributed by atoms with Crippen LogP contribution in [0.4, 0.5) is 43.7 Å². The van der Waals surface area contributed by atoms with Crippen molar-refractivity contribution in [3.8, 4) is 11.5 Å². The number of nitrogens with zero attached hydrogens (tertiary/aromatic N) is 2. The molecule has 0 bridgehead atoms. The number of urea groups is 2. The Kier molecular flexibility index (Phi) is 7.92. The standard InChI is InChI=1S/C26H20N6O7/c33-25(29-19-3-1-5-21(15-19)31(35)36)27-17-7-11-23(12-8-17)39-24-13-9-18(10-14-24)28-26(34)30-20-4-2-6-22(16-20)32(37)38/h1-16H,(H2,27,29,33)(H2,28,30,34). The second kappa shape index (κ2) is 11.8. The number of nitro groups is 2. The third-order valence-electron chi connectivity index (χ3n) is 5.09. The number of carbonyl (C=O) groups excluding carboxylic acids is 2. The Labute approximate surface area is 220 Å². The van der Waals surface area contributed by atoms with E-state index in [1.165, 1.54) is 48.5 Å². The van der Waals surface area contributed by atoms with E-state index in [0.717, 1.165) is 0 Å². The second-order valence-corrected chi connectivity index (χ2v) is 7.92. The number of hydrogen-bond donors (Lipinski definition) is 4. The van der Waals surface area contributed by atoms with Gasteiger partial charge in [-0.15, -0.1) is 0 Å². The summed E-state index contributed by atoms with van der Waals surface area (Å²) in [6.07, 6.45) is 0. The molecule has 4 aromatic rings. The first-order valence-corrected chi connectivity index (χ1v) is 11.3. The van der Waals surface area contributed by atoms with Gasteiger partial charge in [-0.1, -0.05) is 12.1 Å². The van der Waals surface area contributed by atoms with E-state index in [1.54, 1.807) is 48.5 Å². The predicted molar refractivity (Wildman–Crippen MR) is 144 cm³/mol. The molecule has 0 fully saturated rings. The summed E-state index contributed by atoms with van der Waals surface area (Å²) in [5, 5.41) is 32.1. The third kappa shape index (κ3) is 7.50. The van der Waals surface area contributed by atoms with Gasteiger partial charge < -0.3 is 26.0 Å². The molecule has 0 aliphatic carbocycles. The Bertz CT molecular complexity index is 1410. The van der Waals surface area contributed by atoms with Crippen LogP contribution in [0.25, 0.3) is 0 Å². The van der Waals surface area contributed by atoms with Crippen LogP contribution in [0.1, 0.15) is 0 Å². The maximum atomic E-state index is 12.2. The number of non-ortho nitro benzene ring substituents is 2. The number of ether oxygens (including phenoxy) is 1. The van der Waals surface area contributed by atoms with Crippen LogP contribution in [0, 0.1) is 20.2 Å². The Morgan fingerprint density at radius 2 is 0.897 bits per heavy atom. The predicted octanol–water partition coefficient (Wildman–Crippen LogP) is 6.58. The van der Waals surface area contributed by atoms with Gasteiger partial charge in [-0.25, -0.2) is 9.59 Å². The van der Waals surface area contributed by atoms with E-state index < -0.39 is 21.9 Å². The van der Waals surface area contributed by atoms with Crippen LogP contribution in [0.2, 0.25) is 0 Å². The van der Waals surface area contributed by atoms with Crippen LogP contribution in [0.15, 0.2) is 97.1 Å². The zero-order valence-corrected chi connectivity index (χ0v) is 20.0. The monoisotopic (exact) mass is 528 g/mol. The first-order valence-electron chi connectivity index (χ1n) is 11.3. The fourth-order valence-corrected chi connectivity index (χ4v) is 3.33. The third-order valence-corrected chi connectivity index (χ3v) is 5.09. The van der Waals surface area contributed by atoms with E-state index >= 15 is 0 Å². The number of nitro benzene ring substituents is 2. The summed E-state index contributed by atoms with van der Waals surface area (Å²) in [6.45, 7) is 0. The lowest BCUT2D eigenvalue weighted by molar-refractivity contribution is -0.385. The molecule has 0 spiro atoms. The summed E-state index contributed by atoms with van der Waals surface area (Å²) in [5.74, 6) is 0.979. The fraction of sp³-hybridized carbons (Fsp3) is 0. The molecule has 0 aromatic heterocycles. The maximum Gasteiger partial charge on any atom is 0.323 e. The van der Waals surface area contributed by atoms with Crippen LogP contribution in [-0.2, 0) is 0 Å². The molecule has 13 nitrogen and oxygen atoms in total. The van der Waals surface area contributed by atoms with Gasteiger partial charge in [0, 0.05) is 47.0 Å². The van der Waals surface area contributed by atoms with Crippen molar-refractivity contribution in [2.24, 2.45) is 0 Å². The number of benzene rings is 4. The van der Waals surface area contributed by atoms with E-state index in [9.17, 15) is 29.8 Å². The minimum absolute atomic E-state index is 0.137. The van der Waals surface area contributed by atoms with Crippen molar-refractivity contribution >= 4 is 46.2 Å². The summed E-state index contributed by atoms with van der Waals surface area (Å²) in [6, 6.07) is 23.1. The van der Waals surface area contributed by atoms with Crippen LogP contribution < -0.4 is 26.0 Å². The smallest absolute Gasteiger partial charge is 0.323 e. The average Bonchev–Trinajstić information content (AvgIpc) is 2.91. The molecule has 0 radical (unpaired) electrons. The van der Waals surface area contributed by atoms with E-state index in [1.807, 2.05) is 0 Å². The van der Waals surface area contributed by atoms with Gasteiger partial charge in [0.05, 0.1) is 9.85 Å². The Hall–Kier alpha value is -5.98. The Morgan fingerprint density at radius 1 is 0.538 bits per heavy atom. The van der Waals surface area contributed by atoms with Gasteiger partial charge in [0.25, 0.3) is 11.4 Å². The lowest BCUT2D eigenvalue weighted by atomic mass is 10.2. The van der Waals surface area contributed by atoms with Crippen LogP contribution >= 0.6 is 0 Å². The van der Waals surface area contributed by atoms with E-state index in [-0.39, 0.29) is 22.7 Å². The SMILES string of the molecule is O=C(Nc1ccc(Oc2ccc(NC(=O)Nc3cccc([N+](=O)[O-])c3)cc2)cc1)Nc1cccc([N+](=O)[O-])c1. The minimum Gasteiger partial charge on any atom is -0.457 e. The van der Waals surface area contributed by atoms with Gasteiger partial charge in [-0.05, 0) is 60.7 Å². The van der Waals surface area contributed by atoms with Crippen molar-refractivity contribution in [1.29, 1.82) is 0 Å². The van der Waals surface area contributed by atoms with Gasteiger partial charge in [0.1, 0.15) is 11.5 Å². The van der Waals surface area contributed by atoms with Gasteiger partial charge in [0.15, 0.2) is 0 Å². The topological polar surface area (TPSA) is 178 Å². The molecule has 13 heteroatoms. The molecule has 0 atom stereocenters. The molecular weight excluding hydrogens is 508 g/mol. The number of anilines is 4. The van der Waals surface area contributed by atoms with Crippen molar-refractivity contribution in [2.45, 2.75) is 0 Å². The van der Waals surface area contributed by atoms with Gasteiger partial charge >= 0.3 is 12.1 Å². The normalized spacial score (nSPS) is 10.2. The summed E-state index contributed by atoms with van der Waals surface area (Å²) < 4.78 is 5.78. The molecule has 39 heavy (non-hydrogen) atoms. The zero-order valence-electron chi connectivity index (χ0n) is 20.0. The first-order chi connectivity index (χ1) is 18.7. The summed E-state index contributed by atoms with van der Waals surface area (Å²) in [5.41, 5.74) is 1.23. The number of hydrogen-bond acceptors (Lipinski definition) is 7. The van der Waals surface area contributed by atoms with Crippen LogP contribution in [0.5, 0.6) is 11.5 Å². The number of carbonyl (C=O) groups is 2. The highest BCUT2D eigenvalue weighted by atomic mass is 16.6. The summed E-state index contributed by atoms with van der Waals surface area (Å²) in [4.78, 5) is 45.1. The molecule has 4 aromatic carbocycles. The van der Waals surface area contributed by atoms with Crippen molar-refractivity contribution in [3.05, 3.63) is 117 Å². The molecule has 0 saturated carbocycles. The first kappa shape index (κ1) is 26.1. The molecule has 4 rings (SSSR count). The molecule has 0 heterocycles. The largest absolute Gasteiger partial charge is 0.457 e. The average molecular weight is 528 g/mol. The van der Waals surface area contributed by atoms with Gasteiger partial charge in [-0.2, -0.15) is 0 Å². The van der Waals surface area contributed by atoms with Crippen LogP contribution in [0.3, 0.4) is 0 Å². The quantitative estimate of drug-likeness (QED) is 0.147. The zero-order chi connectivity index (χ0) is 27.8. The minimum atomic E-state index is -0.568. The molecule has 0 aliphatic heterocycles. The lowest BCUT2D eigenvalue weighted by Crippen LogP contribution is -2.19. The van der Waals surface area contributed by atoms with E-state index in [0.29, 0.717) is 22.9 Å². The van der Waals surface area contributed by atoms with Crippen molar-refractivity contribution in [2.75, 3.05) is 21.3 Å². The highest BCUT2D eigenvalue weighted by Gasteiger charge is 2.10. The molecule has 4 amide bonds. The van der Waals surface area contributed by atoms with Gasteiger partial charge in [-0.3, -0.25) is 20.2 Å². The maximum absolute atomic E-state index is 12.2. The lowest BCUT2D eigenvalue weighted by Gasteiger charge is -2.10. The summed E-state index contributed by atoms with van der Waals surface area (Å²) >= 11 is 0. The molecular formula is C26H20N6O7. The Balaban J connectivity index is 1.27. The number of nitrogens with one attached hydrogen (secondary N) is 4. The van der Waals surface area contributed by atoms with E-state index in [4.69, 9.17) is 4.74 Å². The molecule has 4 N–H and O–H groups in total. The van der Waals surface area contributed by atoms with E-state index in [2.05, 4.69) is 21.3 Å². The summed E-state index contributed by atoms with van der Waals surface area (Å²) in [7, 11) is 0. The van der Waals surface area contributed by atoms with Gasteiger partial charge in [0.2, 0.25) is 0 Å². The fourth-order valence-electron chi connectivity index (χ4n) is 3.33. The molecule has 0 unspecified atom stereocenters. The van der Waals surface area contributed by atoms with Crippen molar-refractivity contribution in [1.82, 2.24) is 0 Å². The highest BCUT2D eigenvalue weighted by Crippen LogP contribution is 2.25. The number of amides is 4. The molecule has 0 aliphatic rings. The molecule has 196 valence electrons.